The number of ether oxygens (including phenoxy) is 6. The van der Waals surface area contributed by atoms with Gasteiger partial charge in [-0.1, -0.05) is 77.8 Å². The van der Waals surface area contributed by atoms with Gasteiger partial charge in [-0.3, -0.25) is 19.2 Å². The molecule has 90 heavy (non-hydrogen) atoms. The largest absolute Gasteiger partial charge is 0.479 e. The standard InChI is InChI=1S/C20H22F3N3O4.C17H27N3O5.C12H19N3O3.C10H17NO5.ClH/c1-19(2,3)15-10-16(25-30-15)24-17(27)14-11-26(8-9-29-14)18(28)12-4-6-13(7-5-12)20(21,22)23;1-16(2,3)12-9-13(19-25-12)18-14(21)11-10-20(7-8-23-11)15(22)24-17(4,5)6;1-12(2,3)9-6-10(15-18-9)14-11(16)8-7-13-4-5-17-8;1-10(2,3)16-9(14)11-4-5-15-7(6-11)8(12)13;/h4-7,10,14H,8-9,11H2,1-3H3,(H,24,25,27);9,11H,7-8,10H2,1-6H3,(H,18,19,21);6,8,13H,4-5,7H2,1-3H3,(H,14,15,16);7H,4-6H2,1-3H3,(H,12,13);1H. The summed E-state index contributed by atoms with van der Waals surface area (Å²) in [6, 6.07) is 9.01. The monoisotopic (exact) mass is 1300 g/mol. The average Bonchev–Trinajstić information content (AvgIpc) is 1.68. The van der Waals surface area contributed by atoms with E-state index in [0.717, 1.165) is 36.6 Å². The van der Waals surface area contributed by atoms with Gasteiger partial charge in [-0.05, 0) is 65.8 Å². The molecule has 0 spiro atoms. The molecule has 4 fully saturated rings. The Kier molecular flexibility index (Phi) is 26.3. The number of carboxylic acids is 1. The van der Waals surface area contributed by atoms with Crippen LogP contribution in [0.4, 0.5) is 40.2 Å². The molecule has 0 aliphatic carbocycles. The normalized spacial score (nSPS) is 19.1. The molecule has 31 heteroatoms. The molecule has 4 saturated heterocycles. The fourth-order valence-electron chi connectivity index (χ4n) is 7.98. The molecular weight excluding hydrogens is 1210 g/mol. The SMILES string of the molecule is CC(C)(C)OC(=O)N1CCOC(C(=O)Nc2cc(C(C)(C)C)on2)C1.CC(C)(C)OC(=O)N1CCOC(C(=O)O)C1.CC(C)(C)c1cc(NC(=O)C2CN(C(=O)c3ccc(C(F)(F)F)cc3)CCO2)no1.CC(C)(C)c1cc(NC(=O)C2CNCCO2)no1.Cl. The predicted octanol–water partition coefficient (Wildman–Crippen LogP) is 8.04. The summed E-state index contributed by atoms with van der Waals surface area (Å²) >= 11 is 0. The van der Waals surface area contributed by atoms with Crippen molar-refractivity contribution >= 4 is 71.6 Å². The van der Waals surface area contributed by atoms with Gasteiger partial charge >= 0.3 is 24.3 Å². The number of amides is 6. The van der Waals surface area contributed by atoms with E-state index < -0.39 is 77.3 Å². The number of hydrogen-bond donors (Lipinski definition) is 5. The van der Waals surface area contributed by atoms with E-state index >= 15 is 0 Å². The van der Waals surface area contributed by atoms with Crippen LogP contribution in [0.5, 0.6) is 0 Å². The quantitative estimate of drug-likeness (QED) is 0.111. The Morgan fingerprint density at radius 2 is 0.867 bits per heavy atom. The van der Waals surface area contributed by atoms with Crippen molar-refractivity contribution in [2.75, 3.05) is 94.7 Å². The first-order valence-electron chi connectivity index (χ1n) is 28.8. The summed E-state index contributed by atoms with van der Waals surface area (Å²) in [5.41, 5.74) is -2.49. The van der Waals surface area contributed by atoms with E-state index in [1.54, 1.807) is 59.7 Å². The van der Waals surface area contributed by atoms with Crippen molar-refractivity contribution in [3.05, 3.63) is 70.9 Å². The highest BCUT2D eigenvalue weighted by molar-refractivity contribution is 5.97. The smallest absolute Gasteiger partial charge is 0.416 e. The maximum atomic E-state index is 12.7. The van der Waals surface area contributed by atoms with E-state index in [0.29, 0.717) is 49.4 Å². The van der Waals surface area contributed by atoms with Crippen LogP contribution in [-0.4, -0.2) is 191 Å². The molecule has 0 radical (unpaired) electrons. The number of aliphatic carboxylic acids is 1. The highest BCUT2D eigenvalue weighted by Crippen LogP contribution is 2.31. The maximum absolute atomic E-state index is 12.7. The lowest BCUT2D eigenvalue weighted by atomic mass is 9.93. The van der Waals surface area contributed by atoms with Gasteiger partial charge in [0.15, 0.2) is 35.8 Å². The fraction of sp³-hybridized carbons (Fsp3) is 0.627. The van der Waals surface area contributed by atoms with E-state index in [4.69, 9.17) is 47.1 Å². The number of carbonyl (C=O) groups excluding carboxylic acids is 6. The summed E-state index contributed by atoms with van der Waals surface area (Å²) in [5, 5.41) is 31.3. The summed E-state index contributed by atoms with van der Waals surface area (Å²) < 4.78 is 85.5. The van der Waals surface area contributed by atoms with Crippen molar-refractivity contribution in [1.29, 1.82) is 0 Å². The van der Waals surface area contributed by atoms with Gasteiger partial charge in [0, 0.05) is 72.7 Å². The second kappa shape index (κ2) is 31.6. The summed E-state index contributed by atoms with van der Waals surface area (Å²) in [4.78, 5) is 88.1. The third kappa shape index (κ3) is 24.1. The Morgan fingerprint density at radius 1 is 0.522 bits per heavy atom. The highest BCUT2D eigenvalue weighted by Gasteiger charge is 2.36. The van der Waals surface area contributed by atoms with Crippen LogP contribution >= 0.6 is 12.4 Å². The number of morpholine rings is 4. The van der Waals surface area contributed by atoms with Gasteiger partial charge in [0.2, 0.25) is 0 Å². The minimum absolute atomic E-state index is 0. The van der Waals surface area contributed by atoms with Crippen LogP contribution < -0.4 is 21.3 Å². The number of aromatic nitrogens is 3. The Hall–Kier alpha value is -7.38. The number of carboxylic acid groups (broad SMARTS) is 1. The first-order chi connectivity index (χ1) is 41.2. The number of hydrogen-bond acceptors (Lipinski definition) is 20. The van der Waals surface area contributed by atoms with Crippen LogP contribution in [0, 0.1) is 0 Å². The average molecular weight is 1300 g/mol. The molecule has 6 amide bonds. The van der Waals surface area contributed by atoms with Crippen molar-refractivity contribution in [2.45, 2.75) is 162 Å². The Bertz CT molecular complexity index is 3020. The lowest BCUT2D eigenvalue weighted by Gasteiger charge is -2.33. The van der Waals surface area contributed by atoms with Crippen LogP contribution in [0.25, 0.3) is 0 Å². The lowest BCUT2D eigenvalue weighted by molar-refractivity contribution is -0.155. The highest BCUT2D eigenvalue weighted by atomic mass is 35.5. The van der Waals surface area contributed by atoms with E-state index in [9.17, 15) is 46.7 Å². The van der Waals surface area contributed by atoms with Crippen LogP contribution in [0.2, 0.25) is 0 Å². The van der Waals surface area contributed by atoms with Crippen LogP contribution in [0.1, 0.15) is 137 Å². The molecule has 0 saturated carbocycles. The van der Waals surface area contributed by atoms with Gasteiger partial charge in [0.05, 0.1) is 51.6 Å². The molecule has 0 bridgehead atoms. The van der Waals surface area contributed by atoms with Crippen molar-refractivity contribution in [3.8, 4) is 0 Å². The van der Waals surface area contributed by atoms with Crippen molar-refractivity contribution in [2.24, 2.45) is 0 Å². The number of nitrogens with zero attached hydrogens (tertiary/aromatic N) is 6. The van der Waals surface area contributed by atoms with Crippen LogP contribution in [-0.2, 0) is 70.0 Å². The Balaban J connectivity index is 0.000000263. The number of nitrogens with one attached hydrogen (secondary N) is 4. The summed E-state index contributed by atoms with van der Waals surface area (Å²) in [6.45, 7) is 32.1. The molecule has 7 heterocycles. The minimum Gasteiger partial charge on any atom is -0.479 e. The zero-order valence-corrected chi connectivity index (χ0v) is 54.4. The number of rotatable bonds is 8. The number of alkyl halides is 3. The van der Waals surface area contributed by atoms with E-state index in [1.807, 2.05) is 62.3 Å². The van der Waals surface area contributed by atoms with Gasteiger partial charge in [0.25, 0.3) is 23.6 Å². The Morgan fingerprint density at radius 3 is 1.20 bits per heavy atom. The fourth-order valence-corrected chi connectivity index (χ4v) is 7.98. The van der Waals surface area contributed by atoms with Crippen LogP contribution in [0.15, 0.2) is 56.0 Å². The molecule has 502 valence electrons. The molecule has 27 nitrogen and oxygen atoms in total. The van der Waals surface area contributed by atoms with Gasteiger partial charge in [-0.2, -0.15) is 13.2 Å². The first kappa shape index (κ1) is 75.1. The molecule has 1 aromatic carbocycles. The predicted molar refractivity (Wildman–Crippen MR) is 321 cm³/mol. The van der Waals surface area contributed by atoms with E-state index in [2.05, 4.69) is 36.7 Å². The van der Waals surface area contributed by atoms with Crippen molar-refractivity contribution in [3.63, 3.8) is 0 Å². The summed E-state index contributed by atoms with van der Waals surface area (Å²) in [7, 11) is 0. The topological polar surface area (TPSA) is 331 Å². The molecule has 4 aliphatic heterocycles. The molecule has 8 rings (SSSR count). The van der Waals surface area contributed by atoms with E-state index in [1.165, 1.54) is 14.7 Å². The number of carbonyl (C=O) groups is 7. The second-order valence-electron chi connectivity index (χ2n) is 26.1. The summed E-state index contributed by atoms with van der Waals surface area (Å²) in [6.07, 6.45) is -8.57. The molecule has 4 atom stereocenters. The summed E-state index contributed by atoms with van der Waals surface area (Å²) in [5.74, 6) is 0.401. The van der Waals surface area contributed by atoms with Crippen LogP contribution in [0.3, 0.4) is 0 Å². The van der Waals surface area contributed by atoms with Gasteiger partial charge in [-0.25, -0.2) is 14.4 Å². The molecule has 4 aliphatic rings. The number of anilines is 3. The second-order valence-corrected chi connectivity index (χ2v) is 26.1. The Labute approximate surface area is 526 Å². The lowest BCUT2D eigenvalue weighted by Crippen LogP contribution is -2.51. The van der Waals surface area contributed by atoms with Gasteiger partial charge in [-0.15, -0.1) is 12.4 Å². The van der Waals surface area contributed by atoms with Crippen molar-refractivity contribution in [1.82, 2.24) is 35.5 Å². The van der Waals surface area contributed by atoms with E-state index in [-0.39, 0.29) is 97.8 Å². The van der Waals surface area contributed by atoms with Crippen molar-refractivity contribution < 1.29 is 93.8 Å². The zero-order valence-electron chi connectivity index (χ0n) is 53.5. The minimum atomic E-state index is -4.47. The van der Waals surface area contributed by atoms with Gasteiger partial charge in [0.1, 0.15) is 34.6 Å². The third-order valence-electron chi connectivity index (χ3n) is 12.8. The number of halogens is 4. The maximum Gasteiger partial charge on any atom is 0.416 e. The zero-order chi connectivity index (χ0) is 66.5. The molecule has 4 aromatic rings. The third-order valence-corrected chi connectivity index (χ3v) is 12.8. The number of benzene rings is 1. The first-order valence-corrected chi connectivity index (χ1v) is 28.8. The molecule has 3 aromatic heterocycles. The molecule has 4 unspecified atom stereocenters. The molecule has 5 N–H and O–H groups in total. The molecular formula is C59H86ClF3N10O17. The van der Waals surface area contributed by atoms with Gasteiger partial charge < -0.3 is 83.1 Å².